The molecule has 1 aromatic heterocycles. The van der Waals surface area contributed by atoms with Crippen LogP contribution in [0, 0.1) is 5.82 Å². The molecule has 0 amide bonds. The van der Waals surface area contributed by atoms with Crippen molar-refractivity contribution in [1.29, 1.82) is 0 Å². The van der Waals surface area contributed by atoms with E-state index in [1.54, 1.807) is 0 Å². The summed E-state index contributed by atoms with van der Waals surface area (Å²) in [5.74, 6) is 0.801. The number of benzene rings is 1. The van der Waals surface area contributed by atoms with Crippen molar-refractivity contribution in [1.82, 2.24) is 10.3 Å². The molecule has 0 spiro atoms. The van der Waals surface area contributed by atoms with Gasteiger partial charge in [-0.1, -0.05) is 12.1 Å². The third-order valence-electron chi connectivity index (χ3n) is 5.93. The molecule has 4 rings (SSSR count). The van der Waals surface area contributed by atoms with E-state index < -0.39 is 0 Å². The normalized spacial score (nSPS) is 18.4. The summed E-state index contributed by atoms with van der Waals surface area (Å²) in [6.45, 7) is 4.22. The Hall–Kier alpha value is -2.25. The lowest BCUT2D eigenvalue weighted by molar-refractivity contribution is 0.0515. The van der Waals surface area contributed by atoms with E-state index in [0.29, 0.717) is 24.9 Å². The smallest absolute Gasteiger partial charge is 0.170 e. The fourth-order valence-electron chi connectivity index (χ4n) is 4.15. The number of thiocarbonyl (C=S) groups is 1. The van der Waals surface area contributed by atoms with Crippen LogP contribution in [-0.4, -0.2) is 42.9 Å². The molecule has 0 saturated carbocycles. The lowest BCUT2D eigenvalue weighted by Gasteiger charge is -2.38. The van der Waals surface area contributed by atoms with E-state index in [2.05, 4.69) is 20.5 Å². The molecule has 5 nitrogen and oxygen atoms in total. The number of nitrogens with one attached hydrogen (secondary N) is 2. The fraction of sp³-hybridized carbons (Fsp3) is 0.455. The average molecular weight is 415 g/mol. The Kier molecular flexibility index (Phi) is 6.25. The highest BCUT2D eigenvalue weighted by molar-refractivity contribution is 7.80. The summed E-state index contributed by atoms with van der Waals surface area (Å²) in [7, 11) is 0. The lowest BCUT2D eigenvalue weighted by Crippen LogP contribution is -2.45. The SMILES string of the molecule is Fc1ccc(C2(CNC(=S)Nc3ccc(N4CCCC4)nc3)CCOCC2)cc1. The molecule has 3 heterocycles. The Balaban J connectivity index is 1.37. The summed E-state index contributed by atoms with van der Waals surface area (Å²) in [5.41, 5.74) is 1.87. The van der Waals surface area contributed by atoms with Crippen LogP contribution in [-0.2, 0) is 10.2 Å². The number of hydrogen-bond donors (Lipinski definition) is 2. The van der Waals surface area contributed by atoms with Crippen LogP contribution in [0.25, 0.3) is 0 Å². The summed E-state index contributed by atoms with van der Waals surface area (Å²) in [6.07, 6.45) is 6.04. The molecular formula is C22H27FN4OS. The Morgan fingerprint density at radius 2 is 1.83 bits per heavy atom. The van der Waals surface area contributed by atoms with Gasteiger partial charge in [-0.3, -0.25) is 0 Å². The largest absolute Gasteiger partial charge is 0.381 e. The Morgan fingerprint density at radius 3 is 2.48 bits per heavy atom. The van der Waals surface area contributed by atoms with Crippen molar-refractivity contribution in [3.05, 3.63) is 54.0 Å². The Labute approximate surface area is 176 Å². The van der Waals surface area contributed by atoms with Crippen molar-refractivity contribution in [2.75, 3.05) is 43.1 Å². The highest BCUT2D eigenvalue weighted by atomic mass is 32.1. The lowest BCUT2D eigenvalue weighted by atomic mass is 9.74. The van der Waals surface area contributed by atoms with Gasteiger partial charge in [-0.25, -0.2) is 9.37 Å². The second-order valence-corrected chi connectivity index (χ2v) is 8.21. The third kappa shape index (κ3) is 4.85. The summed E-state index contributed by atoms with van der Waals surface area (Å²) in [5, 5.41) is 7.15. The molecule has 2 aliphatic heterocycles. The zero-order chi connectivity index (χ0) is 20.1. The quantitative estimate of drug-likeness (QED) is 0.725. The van der Waals surface area contributed by atoms with E-state index in [1.807, 2.05) is 30.5 Å². The molecular weight excluding hydrogens is 387 g/mol. The van der Waals surface area contributed by atoms with Crippen LogP contribution in [0.15, 0.2) is 42.6 Å². The molecule has 0 radical (unpaired) electrons. The van der Waals surface area contributed by atoms with E-state index in [4.69, 9.17) is 17.0 Å². The molecule has 0 unspecified atom stereocenters. The molecule has 29 heavy (non-hydrogen) atoms. The minimum absolute atomic E-state index is 0.116. The van der Waals surface area contributed by atoms with Crippen molar-refractivity contribution in [3.8, 4) is 0 Å². The van der Waals surface area contributed by atoms with Crippen molar-refractivity contribution in [2.24, 2.45) is 0 Å². The van der Waals surface area contributed by atoms with Crippen LogP contribution in [0.4, 0.5) is 15.9 Å². The molecule has 2 saturated heterocycles. The molecule has 0 atom stereocenters. The number of halogens is 1. The molecule has 0 bridgehead atoms. The highest BCUT2D eigenvalue weighted by Gasteiger charge is 2.34. The van der Waals surface area contributed by atoms with Gasteiger partial charge in [0.15, 0.2) is 5.11 Å². The maximum Gasteiger partial charge on any atom is 0.170 e. The van der Waals surface area contributed by atoms with Crippen LogP contribution in [0.5, 0.6) is 0 Å². The summed E-state index contributed by atoms with van der Waals surface area (Å²) < 4.78 is 18.9. The van der Waals surface area contributed by atoms with Crippen molar-refractivity contribution in [2.45, 2.75) is 31.1 Å². The van der Waals surface area contributed by atoms with Crippen molar-refractivity contribution >= 4 is 28.8 Å². The molecule has 7 heteroatoms. The number of hydrogen-bond acceptors (Lipinski definition) is 4. The Bertz CT molecular complexity index is 816. The minimum Gasteiger partial charge on any atom is -0.381 e. The van der Waals surface area contributed by atoms with Gasteiger partial charge in [0, 0.05) is 38.3 Å². The first-order valence-electron chi connectivity index (χ1n) is 10.2. The molecule has 2 N–H and O–H groups in total. The zero-order valence-electron chi connectivity index (χ0n) is 16.5. The van der Waals surface area contributed by atoms with E-state index in [1.165, 1.54) is 25.0 Å². The highest BCUT2D eigenvalue weighted by Crippen LogP contribution is 2.34. The monoisotopic (exact) mass is 414 g/mol. The van der Waals surface area contributed by atoms with E-state index in [0.717, 1.165) is 43.0 Å². The number of nitrogens with zero attached hydrogens (tertiary/aromatic N) is 2. The van der Waals surface area contributed by atoms with E-state index >= 15 is 0 Å². The van der Waals surface area contributed by atoms with Crippen LogP contribution >= 0.6 is 12.2 Å². The van der Waals surface area contributed by atoms with Crippen LogP contribution in [0.2, 0.25) is 0 Å². The fourth-order valence-corrected chi connectivity index (χ4v) is 4.34. The van der Waals surface area contributed by atoms with Crippen LogP contribution < -0.4 is 15.5 Å². The maximum atomic E-state index is 13.4. The summed E-state index contributed by atoms with van der Waals surface area (Å²) in [6, 6.07) is 10.8. The van der Waals surface area contributed by atoms with Crippen LogP contribution in [0.3, 0.4) is 0 Å². The molecule has 2 aliphatic rings. The van der Waals surface area contributed by atoms with Gasteiger partial charge in [-0.2, -0.15) is 0 Å². The van der Waals surface area contributed by atoms with E-state index in [-0.39, 0.29) is 11.2 Å². The van der Waals surface area contributed by atoms with Crippen molar-refractivity contribution < 1.29 is 9.13 Å². The predicted molar refractivity (Wildman–Crippen MR) is 118 cm³/mol. The topological polar surface area (TPSA) is 49.4 Å². The first-order chi connectivity index (χ1) is 14.1. The molecule has 0 aliphatic carbocycles. The van der Waals surface area contributed by atoms with Crippen molar-refractivity contribution in [3.63, 3.8) is 0 Å². The number of rotatable bonds is 5. The van der Waals surface area contributed by atoms with Gasteiger partial charge in [0.25, 0.3) is 0 Å². The molecule has 2 fully saturated rings. The van der Waals surface area contributed by atoms with Gasteiger partial charge < -0.3 is 20.3 Å². The number of pyridine rings is 1. The molecule has 154 valence electrons. The third-order valence-corrected chi connectivity index (χ3v) is 6.18. The second kappa shape index (κ2) is 9.05. The zero-order valence-corrected chi connectivity index (χ0v) is 17.3. The number of ether oxygens (including phenoxy) is 1. The average Bonchev–Trinajstić information content (AvgIpc) is 3.29. The molecule has 2 aromatic rings. The van der Waals surface area contributed by atoms with Gasteiger partial charge in [0.05, 0.1) is 11.9 Å². The van der Waals surface area contributed by atoms with E-state index in [9.17, 15) is 4.39 Å². The predicted octanol–water partition coefficient (Wildman–Crippen LogP) is 3.86. The second-order valence-electron chi connectivity index (χ2n) is 7.81. The summed E-state index contributed by atoms with van der Waals surface area (Å²) in [4.78, 5) is 6.86. The van der Waals surface area contributed by atoms with Gasteiger partial charge in [-0.15, -0.1) is 0 Å². The minimum atomic E-state index is -0.217. The standard InChI is InChI=1S/C22H27FN4OS/c23-18-5-3-17(4-6-18)22(9-13-28-14-10-22)16-25-21(29)26-19-7-8-20(24-15-19)27-11-1-2-12-27/h3-8,15H,1-2,9-14,16H2,(H2,25,26,29). The van der Waals surface area contributed by atoms with Gasteiger partial charge >= 0.3 is 0 Å². The van der Waals surface area contributed by atoms with Crippen LogP contribution in [0.1, 0.15) is 31.2 Å². The van der Waals surface area contributed by atoms with Gasteiger partial charge in [0.2, 0.25) is 0 Å². The molecule has 1 aromatic carbocycles. The first kappa shape index (κ1) is 20.0. The Morgan fingerprint density at radius 1 is 1.10 bits per heavy atom. The van der Waals surface area contributed by atoms with Gasteiger partial charge in [0.1, 0.15) is 11.6 Å². The maximum absolute atomic E-state index is 13.4. The number of aromatic nitrogens is 1. The summed E-state index contributed by atoms with van der Waals surface area (Å²) >= 11 is 5.51. The first-order valence-corrected chi connectivity index (χ1v) is 10.7. The van der Waals surface area contributed by atoms with Gasteiger partial charge in [-0.05, 0) is 67.7 Å². The number of anilines is 2.